The zero-order valence-corrected chi connectivity index (χ0v) is 9.76. The van der Waals surface area contributed by atoms with Gasteiger partial charge in [-0.05, 0) is 37.9 Å². The molecule has 4 heteroatoms. The predicted molar refractivity (Wildman–Crippen MR) is 61.6 cm³/mol. The maximum Gasteiger partial charge on any atom is 0.0865 e. The molecule has 0 aliphatic heterocycles. The van der Waals surface area contributed by atoms with Crippen molar-refractivity contribution in [3.05, 3.63) is 33.3 Å². The Balaban J connectivity index is 2.94. The smallest absolute Gasteiger partial charge is 0.0865 e. The summed E-state index contributed by atoms with van der Waals surface area (Å²) >= 11 is 6.76. The number of fused-ring (bicyclic) bond motifs is 1. The van der Waals surface area contributed by atoms with Gasteiger partial charge in [-0.1, -0.05) is 12.1 Å². The van der Waals surface area contributed by atoms with Gasteiger partial charge in [0.1, 0.15) is 0 Å². The number of pyridine rings is 1. The van der Waals surface area contributed by atoms with Gasteiger partial charge in [-0.25, -0.2) is 0 Å². The molecule has 0 aliphatic carbocycles. The van der Waals surface area contributed by atoms with Crippen LogP contribution in [0.1, 0.15) is 0 Å². The van der Waals surface area contributed by atoms with Gasteiger partial charge in [-0.3, -0.25) is 4.98 Å². The second-order valence-corrected chi connectivity index (χ2v) is 4.36. The Morgan fingerprint density at radius 2 is 1.92 bits per heavy atom. The van der Waals surface area contributed by atoms with Crippen molar-refractivity contribution < 1.29 is 0 Å². The average molecular weight is 302 g/mol. The van der Waals surface area contributed by atoms with Gasteiger partial charge in [0.25, 0.3) is 0 Å². The van der Waals surface area contributed by atoms with Crippen LogP contribution in [-0.2, 0) is 0 Å². The summed E-state index contributed by atoms with van der Waals surface area (Å²) < 4.78 is 1.79. The van der Waals surface area contributed by atoms with Crippen molar-refractivity contribution in [3.8, 4) is 0 Å². The van der Waals surface area contributed by atoms with Gasteiger partial charge in [0, 0.05) is 16.1 Å². The lowest BCUT2D eigenvalue weighted by Gasteiger charge is -2.04. The number of hydrogen-bond donors (Lipinski definition) is 1. The van der Waals surface area contributed by atoms with Crippen molar-refractivity contribution in [1.29, 1.82) is 0 Å². The first-order valence-corrected chi connectivity index (χ1v) is 5.27. The normalized spacial score (nSPS) is 10.6. The van der Waals surface area contributed by atoms with Crippen molar-refractivity contribution in [2.45, 2.75) is 0 Å². The minimum absolute atomic E-state index is 0.728. The number of nitrogens with two attached hydrogens (primary N) is 1. The summed E-state index contributed by atoms with van der Waals surface area (Å²) in [7, 11) is 0. The summed E-state index contributed by atoms with van der Waals surface area (Å²) in [6.07, 6.45) is 1.71. The van der Waals surface area contributed by atoms with Crippen LogP contribution in [0.4, 0.5) is 5.69 Å². The van der Waals surface area contributed by atoms with Crippen molar-refractivity contribution in [3.63, 3.8) is 0 Å². The van der Waals surface area contributed by atoms with Gasteiger partial charge in [0.05, 0.1) is 15.7 Å². The Labute approximate surface area is 92.4 Å². The Morgan fingerprint density at radius 1 is 1.15 bits per heavy atom. The van der Waals surface area contributed by atoms with Gasteiger partial charge in [-0.2, -0.15) is 0 Å². The molecule has 0 unspecified atom stereocenters. The number of para-hydroxylation sites is 1. The van der Waals surface area contributed by atoms with E-state index in [1.54, 1.807) is 6.20 Å². The molecule has 0 radical (unpaired) electrons. The number of halogens is 2. The van der Waals surface area contributed by atoms with Crippen LogP contribution in [0.5, 0.6) is 0 Å². The van der Waals surface area contributed by atoms with Crippen LogP contribution in [0.3, 0.4) is 0 Å². The second kappa shape index (κ2) is 3.27. The number of rotatable bonds is 0. The molecule has 1 aromatic carbocycles. The molecule has 2 N–H and O–H groups in total. The minimum Gasteiger partial charge on any atom is -0.397 e. The molecule has 0 amide bonds. The predicted octanol–water partition coefficient (Wildman–Crippen LogP) is 3.34. The SMILES string of the molecule is Nc1c(Br)cnc2c(Br)cccc12. The fourth-order valence-electron chi connectivity index (χ4n) is 1.18. The summed E-state index contributed by atoms with van der Waals surface area (Å²) in [5.74, 6) is 0. The zero-order valence-electron chi connectivity index (χ0n) is 6.59. The molecule has 2 aromatic rings. The molecular formula is C9H6Br2N2. The Hall–Kier alpha value is -0.610. The third-order valence-electron chi connectivity index (χ3n) is 1.84. The van der Waals surface area contributed by atoms with E-state index in [-0.39, 0.29) is 0 Å². The van der Waals surface area contributed by atoms with E-state index in [0.29, 0.717) is 0 Å². The summed E-state index contributed by atoms with van der Waals surface area (Å²) in [4.78, 5) is 4.27. The highest BCUT2D eigenvalue weighted by Gasteiger charge is 2.04. The lowest BCUT2D eigenvalue weighted by atomic mass is 10.2. The van der Waals surface area contributed by atoms with Crippen molar-refractivity contribution in [1.82, 2.24) is 4.98 Å². The standard InChI is InChI=1S/C9H6Br2N2/c10-6-3-1-2-5-8(12)7(11)4-13-9(5)6/h1-4H,(H2,12,13). The first-order chi connectivity index (χ1) is 6.20. The molecule has 0 bridgehead atoms. The summed E-state index contributed by atoms with van der Waals surface area (Å²) in [5.41, 5.74) is 7.50. The third-order valence-corrected chi connectivity index (χ3v) is 3.11. The van der Waals surface area contributed by atoms with E-state index >= 15 is 0 Å². The molecule has 2 nitrogen and oxygen atoms in total. The molecule has 13 heavy (non-hydrogen) atoms. The Bertz CT molecular complexity index is 468. The maximum atomic E-state index is 5.88. The van der Waals surface area contributed by atoms with Gasteiger partial charge >= 0.3 is 0 Å². The molecule has 0 aliphatic rings. The molecule has 0 saturated carbocycles. The van der Waals surface area contributed by atoms with E-state index in [1.165, 1.54) is 0 Å². The van der Waals surface area contributed by atoms with E-state index in [1.807, 2.05) is 18.2 Å². The number of anilines is 1. The second-order valence-electron chi connectivity index (χ2n) is 2.66. The zero-order chi connectivity index (χ0) is 9.42. The van der Waals surface area contributed by atoms with E-state index in [0.717, 1.165) is 25.5 Å². The van der Waals surface area contributed by atoms with E-state index in [2.05, 4.69) is 36.8 Å². The van der Waals surface area contributed by atoms with Crippen LogP contribution in [-0.4, -0.2) is 4.98 Å². The van der Waals surface area contributed by atoms with Gasteiger partial charge < -0.3 is 5.73 Å². The first-order valence-electron chi connectivity index (χ1n) is 3.68. The molecule has 2 rings (SSSR count). The van der Waals surface area contributed by atoms with Crippen LogP contribution in [0.25, 0.3) is 10.9 Å². The summed E-state index contributed by atoms with van der Waals surface area (Å²) in [6, 6.07) is 5.84. The highest BCUT2D eigenvalue weighted by atomic mass is 79.9. The van der Waals surface area contributed by atoms with Gasteiger partial charge in [0.15, 0.2) is 0 Å². The fraction of sp³-hybridized carbons (Fsp3) is 0. The summed E-state index contributed by atoms with van der Waals surface area (Å²) in [5, 5.41) is 0.962. The van der Waals surface area contributed by atoms with Crippen molar-refractivity contribution in [2.75, 3.05) is 5.73 Å². The van der Waals surface area contributed by atoms with Crippen LogP contribution >= 0.6 is 31.9 Å². The highest BCUT2D eigenvalue weighted by molar-refractivity contribution is 9.11. The fourth-order valence-corrected chi connectivity index (χ4v) is 1.97. The van der Waals surface area contributed by atoms with Crippen LogP contribution in [0, 0.1) is 0 Å². The first kappa shape index (κ1) is 8.97. The Morgan fingerprint density at radius 3 is 2.69 bits per heavy atom. The number of nitrogens with zero attached hydrogens (tertiary/aromatic N) is 1. The maximum absolute atomic E-state index is 5.88. The lowest BCUT2D eigenvalue weighted by Crippen LogP contribution is -1.91. The molecule has 1 heterocycles. The average Bonchev–Trinajstić information content (AvgIpc) is 2.12. The molecule has 0 atom stereocenters. The quantitative estimate of drug-likeness (QED) is 0.810. The van der Waals surface area contributed by atoms with Gasteiger partial charge in [0.2, 0.25) is 0 Å². The Kier molecular flexibility index (Phi) is 2.26. The number of benzene rings is 1. The topological polar surface area (TPSA) is 38.9 Å². The van der Waals surface area contributed by atoms with E-state index < -0.39 is 0 Å². The van der Waals surface area contributed by atoms with E-state index in [9.17, 15) is 0 Å². The molecular weight excluding hydrogens is 296 g/mol. The lowest BCUT2D eigenvalue weighted by molar-refractivity contribution is 1.38. The molecule has 1 aromatic heterocycles. The number of hydrogen-bond acceptors (Lipinski definition) is 2. The third kappa shape index (κ3) is 1.44. The van der Waals surface area contributed by atoms with Crippen LogP contribution in [0.15, 0.2) is 33.3 Å². The van der Waals surface area contributed by atoms with Crippen LogP contribution in [0.2, 0.25) is 0 Å². The number of nitrogen functional groups attached to an aromatic ring is 1. The van der Waals surface area contributed by atoms with Gasteiger partial charge in [-0.15, -0.1) is 0 Å². The number of aromatic nitrogens is 1. The minimum atomic E-state index is 0.728. The molecule has 66 valence electrons. The highest BCUT2D eigenvalue weighted by Crippen LogP contribution is 2.30. The van der Waals surface area contributed by atoms with Crippen LogP contribution < -0.4 is 5.73 Å². The largest absolute Gasteiger partial charge is 0.397 e. The molecule has 0 fully saturated rings. The van der Waals surface area contributed by atoms with Crippen molar-refractivity contribution >= 4 is 48.5 Å². The molecule has 0 saturated heterocycles. The van der Waals surface area contributed by atoms with E-state index in [4.69, 9.17) is 5.73 Å². The van der Waals surface area contributed by atoms with Crippen molar-refractivity contribution in [2.24, 2.45) is 0 Å². The molecule has 0 spiro atoms. The summed E-state index contributed by atoms with van der Waals surface area (Å²) in [6.45, 7) is 0. The monoisotopic (exact) mass is 300 g/mol.